The topological polar surface area (TPSA) is 25.6 Å². The van der Waals surface area contributed by atoms with Crippen molar-refractivity contribution in [2.75, 3.05) is 5.06 Å². The zero-order chi connectivity index (χ0) is 14.8. The van der Waals surface area contributed by atoms with E-state index in [9.17, 15) is 0 Å². The summed E-state index contributed by atoms with van der Waals surface area (Å²) in [5, 5.41) is 1.97. The second kappa shape index (κ2) is 5.70. The molecular formula is C19H17NO2. The lowest BCUT2D eigenvalue weighted by Gasteiger charge is -2.23. The van der Waals surface area contributed by atoms with E-state index in [1.54, 1.807) is 6.26 Å². The third kappa shape index (κ3) is 2.40. The second-order valence-corrected chi connectivity index (χ2v) is 5.43. The van der Waals surface area contributed by atoms with Crippen LogP contribution in [0.1, 0.15) is 29.9 Å². The molecule has 1 fully saturated rings. The zero-order valence-electron chi connectivity index (χ0n) is 12.1. The Morgan fingerprint density at radius 2 is 1.55 bits per heavy atom. The summed E-state index contributed by atoms with van der Waals surface area (Å²) in [6.07, 6.45) is 2.62. The molecule has 2 heterocycles. The summed E-state index contributed by atoms with van der Waals surface area (Å²) >= 11 is 0. The average molecular weight is 291 g/mol. The molecule has 2 atom stereocenters. The van der Waals surface area contributed by atoms with Crippen LogP contribution in [-0.2, 0) is 4.84 Å². The summed E-state index contributed by atoms with van der Waals surface area (Å²) in [7, 11) is 0. The SMILES string of the molecule is c1ccc(C2CC(c3ccco3)N(c3ccccc3)O2)cc1. The largest absolute Gasteiger partial charge is 0.467 e. The van der Waals surface area contributed by atoms with Gasteiger partial charge in [-0.2, -0.15) is 0 Å². The summed E-state index contributed by atoms with van der Waals surface area (Å²) in [4.78, 5) is 6.24. The molecule has 3 nitrogen and oxygen atoms in total. The van der Waals surface area contributed by atoms with Crippen molar-refractivity contribution in [1.29, 1.82) is 0 Å². The van der Waals surface area contributed by atoms with Crippen molar-refractivity contribution >= 4 is 5.69 Å². The fourth-order valence-corrected chi connectivity index (χ4v) is 2.95. The number of anilines is 1. The van der Waals surface area contributed by atoms with E-state index in [1.807, 2.05) is 53.6 Å². The highest BCUT2D eigenvalue weighted by Crippen LogP contribution is 2.44. The van der Waals surface area contributed by atoms with Crippen molar-refractivity contribution in [3.05, 3.63) is 90.4 Å². The first-order valence-corrected chi connectivity index (χ1v) is 7.51. The van der Waals surface area contributed by atoms with Crippen LogP contribution in [0.15, 0.2) is 83.5 Å². The van der Waals surface area contributed by atoms with Crippen LogP contribution < -0.4 is 5.06 Å². The van der Waals surface area contributed by atoms with Gasteiger partial charge >= 0.3 is 0 Å². The summed E-state index contributed by atoms with van der Waals surface area (Å²) < 4.78 is 5.63. The number of rotatable bonds is 3. The Balaban J connectivity index is 1.68. The monoisotopic (exact) mass is 291 g/mol. The van der Waals surface area contributed by atoms with Gasteiger partial charge in [-0.15, -0.1) is 0 Å². The summed E-state index contributed by atoms with van der Waals surface area (Å²) in [6, 6.07) is 24.5. The molecule has 0 spiro atoms. The first-order chi connectivity index (χ1) is 10.9. The Kier molecular flexibility index (Phi) is 3.41. The number of hydrogen-bond donors (Lipinski definition) is 0. The van der Waals surface area contributed by atoms with E-state index in [2.05, 4.69) is 24.3 Å². The lowest BCUT2D eigenvalue weighted by molar-refractivity contribution is 0.0826. The molecule has 1 aliphatic heterocycles. The normalized spacial score (nSPS) is 21.2. The van der Waals surface area contributed by atoms with E-state index < -0.39 is 0 Å². The highest BCUT2D eigenvalue weighted by atomic mass is 16.7. The van der Waals surface area contributed by atoms with Gasteiger partial charge in [0, 0.05) is 6.42 Å². The van der Waals surface area contributed by atoms with Crippen LogP contribution >= 0.6 is 0 Å². The highest BCUT2D eigenvalue weighted by molar-refractivity contribution is 5.46. The maximum atomic E-state index is 6.24. The minimum absolute atomic E-state index is 0.0384. The van der Waals surface area contributed by atoms with Crippen LogP contribution in [0.5, 0.6) is 0 Å². The van der Waals surface area contributed by atoms with E-state index in [0.29, 0.717) is 0 Å². The molecule has 2 unspecified atom stereocenters. The molecule has 2 aromatic carbocycles. The maximum absolute atomic E-state index is 6.24. The van der Waals surface area contributed by atoms with E-state index in [0.717, 1.165) is 17.9 Å². The molecule has 1 saturated heterocycles. The Hall–Kier alpha value is -2.52. The van der Waals surface area contributed by atoms with Crippen LogP contribution in [0.2, 0.25) is 0 Å². The summed E-state index contributed by atoms with van der Waals surface area (Å²) in [5.74, 6) is 0.933. The third-order valence-corrected chi connectivity index (χ3v) is 4.01. The molecule has 1 aliphatic rings. The van der Waals surface area contributed by atoms with Crippen LogP contribution in [0.4, 0.5) is 5.69 Å². The molecule has 0 aliphatic carbocycles. The van der Waals surface area contributed by atoms with Gasteiger partial charge in [-0.25, -0.2) is 5.06 Å². The summed E-state index contributed by atoms with van der Waals surface area (Å²) in [6.45, 7) is 0. The van der Waals surface area contributed by atoms with Gasteiger partial charge in [0.25, 0.3) is 0 Å². The van der Waals surface area contributed by atoms with Gasteiger partial charge in [-0.1, -0.05) is 48.5 Å². The molecule has 1 aromatic heterocycles. The van der Waals surface area contributed by atoms with Gasteiger partial charge in [0.15, 0.2) is 0 Å². The molecule has 3 heteroatoms. The molecule has 0 amide bonds. The average Bonchev–Trinajstić information content (AvgIpc) is 3.26. The van der Waals surface area contributed by atoms with E-state index in [4.69, 9.17) is 9.25 Å². The molecule has 22 heavy (non-hydrogen) atoms. The Morgan fingerprint density at radius 3 is 2.23 bits per heavy atom. The van der Waals surface area contributed by atoms with Crippen molar-refractivity contribution < 1.29 is 9.25 Å². The van der Waals surface area contributed by atoms with Gasteiger partial charge < -0.3 is 4.42 Å². The van der Waals surface area contributed by atoms with Crippen LogP contribution in [-0.4, -0.2) is 0 Å². The Labute approximate surface area is 129 Å². The molecule has 0 saturated carbocycles. The van der Waals surface area contributed by atoms with Crippen molar-refractivity contribution in [2.45, 2.75) is 18.6 Å². The number of hydroxylamine groups is 1. The van der Waals surface area contributed by atoms with Gasteiger partial charge in [0.2, 0.25) is 0 Å². The Bertz CT molecular complexity index is 710. The predicted octanol–water partition coefficient (Wildman–Crippen LogP) is 4.90. The number of hydrogen-bond acceptors (Lipinski definition) is 3. The molecular weight excluding hydrogens is 274 g/mol. The number of para-hydroxylation sites is 1. The first kappa shape index (κ1) is 13.2. The molecule has 3 aromatic rings. The third-order valence-electron chi connectivity index (χ3n) is 4.01. The first-order valence-electron chi connectivity index (χ1n) is 7.51. The minimum Gasteiger partial charge on any atom is -0.467 e. The molecule has 0 radical (unpaired) electrons. The fraction of sp³-hybridized carbons (Fsp3) is 0.158. The predicted molar refractivity (Wildman–Crippen MR) is 85.3 cm³/mol. The van der Waals surface area contributed by atoms with Gasteiger partial charge in [-0.3, -0.25) is 4.84 Å². The summed E-state index contributed by atoms with van der Waals surface area (Å²) in [5.41, 5.74) is 2.24. The maximum Gasteiger partial charge on any atom is 0.128 e. The lowest BCUT2D eigenvalue weighted by Crippen LogP contribution is -2.20. The van der Waals surface area contributed by atoms with Crippen LogP contribution in [0, 0.1) is 0 Å². The highest BCUT2D eigenvalue weighted by Gasteiger charge is 2.37. The van der Waals surface area contributed by atoms with Crippen LogP contribution in [0.3, 0.4) is 0 Å². The number of furan rings is 1. The van der Waals surface area contributed by atoms with E-state index in [-0.39, 0.29) is 12.1 Å². The van der Waals surface area contributed by atoms with Gasteiger partial charge in [-0.05, 0) is 29.8 Å². The van der Waals surface area contributed by atoms with Gasteiger partial charge in [0.05, 0.1) is 12.0 Å². The standard InChI is InChI=1S/C19H17NO2/c1-3-8-15(9-4-1)19-14-17(18-12-7-13-21-18)20(22-19)16-10-5-2-6-11-16/h1-13,17,19H,14H2. The van der Waals surface area contributed by atoms with E-state index in [1.165, 1.54) is 5.56 Å². The molecule has 0 N–H and O–H groups in total. The molecule has 110 valence electrons. The van der Waals surface area contributed by atoms with Crippen LogP contribution in [0.25, 0.3) is 0 Å². The zero-order valence-corrected chi connectivity index (χ0v) is 12.1. The smallest absolute Gasteiger partial charge is 0.128 e. The Morgan fingerprint density at radius 1 is 0.818 bits per heavy atom. The number of nitrogens with zero attached hydrogens (tertiary/aromatic N) is 1. The second-order valence-electron chi connectivity index (χ2n) is 5.43. The van der Waals surface area contributed by atoms with Crippen molar-refractivity contribution in [3.8, 4) is 0 Å². The fourth-order valence-electron chi connectivity index (χ4n) is 2.95. The van der Waals surface area contributed by atoms with Crippen molar-refractivity contribution in [2.24, 2.45) is 0 Å². The van der Waals surface area contributed by atoms with Crippen molar-refractivity contribution in [3.63, 3.8) is 0 Å². The lowest BCUT2D eigenvalue weighted by atomic mass is 10.0. The van der Waals surface area contributed by atoms with Gasteiger partial charge in [0.1, 0.15) is 17.9 Å². The minimum atomic E-state index is 0.0384. The van der Waals surface area contributed by atoms with E-state index >= 15 is 0 Å². The molecule has 0 bridgehead atoms. The number of benzene rings is 2. The molecule has 4 rings (SSSR count). The quantitative estimate of drug-likeness (QED) is 0.686. The van der Waals surface area contributed by atoms with Crippen molar-refractivity contribution in [1.82, 2.24) is 0 Å².